The Labute approximate surface area is 204 Å². The second-order valence-corrected chi connectivity index (χ2v) is 8.63. The van der Waals surface area contributed by atoms with Crippen LogP contribution in [0.25, 0.3) is 0 Å². The third-order valence-corrected chi connectivity index (χ3v) is 6.28. The number of aromatic nitrogens is 2. The van der Waals surface area contributed by atoms with E-state index in [9.17, 15) is 19.2 Å². The summed E-state index contributed by atoms with van der Waals surface area (Å²) in [4.78, 5) is 53.0. The lowest BCUT2D eigenvalue weighted by atomic mass is 10.0. The van der Waals surface area contributed by atoms with Gasteiger partial charge in [0.2, 0.25) is 0 Å². The topological polar surface area (TPSA) is 155 Å². The lowest BCUT2D eigenvalue weighted by Gasteiger charge is -2.25. The molecule has 1 aliphatic carbocycles. The van der Waals surface area contributed by atoms with Crippen LogP contribution in [-0.2, 0) is 52.6 Å². The van der Waals surface area contributed by atoms with E-state index in [1.165, 1.54) is 23.4 Å². The quantitative estimate of drug-likeness (QED) is 0.328. The van der Waals surface area contributed by atoms with E-state index in [1.54, 1.807) is 5.48 Å². The van der Waals surface area contributed by atoms with Gasteiger partial charge < -0.3 is 18.9 Å². The number of carbonyl (C=O) groups excluding carboxylic acids is 3. The first-order valence-corrected chi connectivity index (χ1v) is 11.4. The van der Waals surface area contributed by atoms with Crippen molar-refractivity contribution < 1.29 is 38.5 Å². The highest BCUT2D eigenvalue weighted by Gasteiger charge is 2.51. The van der Waals surface area contributed by atoms with Gasteiger partial charge >= 0.3 is 23.6 Å². The third-order valence-electron chi connectivity index (χ3n) is 6.28. The Morgan fingerprint density at radius 2 is 1.83 bits per heavy atom. The zero-order chi connectivity index (χ0) is 25.2. The number of ether oxygens (including phenoxy) is 4. The van der Waals surface area contributed by atoms with Crippen LogP contribution in [0.4, 0.5) is 5.82 Å². The highest BCUT2D eigenvalue weighted by Crippen LogP contribution is 2.34. The molecular formula is C24H23N3O9. The standard InChI is InChI=1S/C24H23N3O9/c28-18-6-7-19(29)36-22-21(35-18)16(34-23(22)27-9-8-17(26-32)25-24(27)31)12-33-20(30)11-13-4-5-14-2-1-3-15(14)10-13/h4-10,16,21-23,32H,1-3,11-12H2,(H,25,26,31)/b7-6-/t16-,21?,22-,23-/m1/s1. The van der Waals surface area contributed by atoms with Crippen molar-refractivity contribution in [1.29, 1.82) is 0 Å². The Morgan fingerprint density at radius 3 is 2.58 bits per heavy atom. The average Bonchev–Trinajstić information content (AvgIpc) is 3.45. The van der Waals surface area contributed by atoms with E-state index in [0.717, 1.165) is 41.5 Å². The van der Waals surface area contributed by atoms with Crippen LogP contribution < -0.4 is 11.2 Å². The van der Waals surface area contributed by atoms with Crippen LogP contribution >= 0.6 is 0 Å². The zero-order valence-corrected chi connectivity index (χ0v) is 19.0. The van der Waals surface area contributed by atoms with Crippen molar-refractivity contribution in [3.05, 3.63) is 69.8 Å². The van der Waals surface area contributed by atoms with Crippen molar-refractivity contribution in [2.24, 2.45) is 0 Å². The minimum absolute atomic E-state index is 0.0496. The Kier molecular flexibility index (Phi) is 6.53. The lowest BCUT2D eigenvalue weighted by Crippen LogP contribution is -2.43. The van der Waals surface area contributed by atoms with E-state index in [-0.39, 0.29) is 18.8 Å². The molecule has 2 aromatic rings. The maximum absolute atomic E-state index is 12.6. The van der Waals surface area contributed by atoms with Gasteiger partial charge in [0.15, 0.2) is 24.3 Å². The summed E-state index contributed by atoms with van der Waals surface area (Å²) in [5, 5.41) is 8.98. The number of hydrogen-bond acceptors (Lipinski definition) is 11. The van der Waals surface area contributed by atoms with Crippen LogP contribution in [-0.4, -0.2) is 57.6 Å². The van der Waals surface area contributed by atoms with Crippen molar-refractivity contribution in [3.8, 4) is 0 Å². The van der Waals surface area contributed by atoms with Crippen LogP contribution in [0, 0.1) is 0 Å². The van der Waals surface area contributed by atoms with Crippen molar-refractivity contribution in [2.75, 3.05) is 12.1 Å². The molecule has 5 rings (SSSR count). The highest BCUT2D eigenvalue weighted by molar-refractivity contribution is 5.92. The van der Waals surface area contributed by atoms with Crippen LogP contribution in [0.2, 0.25) is 0 Å². The van der Waals surface area contributed by atoms with Gasteiger partial charge in [-0.1, -0.05) is 18.2 Å². The molecule has 3 aliphatic rings. The number of benzene rings is 1. The monoisotopic (exact) mass is 497 g/mol. The van der Waals surface area contributed by atoms with Crippen LogP contribution in [0.5, 0.6) is 0 Å². The Morgan fingerprint density at radius 1 is 1.08 bits per heavy atom. The molecule has 4 atom stereocenters. The van der Waals surface area contributed by atoms with Crippen molar-refractivity contribution in [2.45, 2.75) is 50.2 Å². The van der Waals surface area contributed by atoms with Crippen LogP contribution in [0.15, 0.2) is 47.4 Å². The molecule has 36 heavy (non-hydrogen) atoms. The molecule has 2 aliphatic heterocycles. The number of anilines is 1. The summed E-state index contributed by atoms with van der Waals surface area (Å²) in [6, 6.07) is 7.23. The van der Waals surface area contributed by atoms with Crippen LogP contribution in [0.3, 0.4) is 0 Å². The highest BCUT2D eigenvalue weighted by atomic mass is 16.7. The number of aryl methyl sites for hydroxylation is 2. The molecule has 0 amide bonds. The predicted octanol–water partition coefficient (Wildman–Crippen LogP) is 0.610. The SMILES string of the molecule is O=C1/C=C\C(=O)O[C@@H]2C(O1)[C@@H](COC(=O)Cc1ccc3c(c1)CCC3)O[C@H]2n1ccc(NO)nc1=O. The van der Waals surface area contributed by atoms with Gasteiger partial charge in [-0.25, -0.2) is 14.4 Å². The number of fused-ring (bicyclic) bond motifs is 2. The van der Waals surface area contributed by atoms with Crippen molar-refractivity contribution in [3.63, 3.8) is 0 Å². The Bertz CT molecular complexity index is 1290. The average molecular weight is 497 g/mol. The normalized spacial score (nSPS) is 25.6. The van der Waals surface area contributed by atoms with Gasteiger partial charge in [-0.05, 0) is 42.0 Å². The molecule has 1 aromatic heterocycles. The molecular weight excluding hydrogens is 474 g/mol. The van der Waals surface area contributed by atoms with E-state index >= 15 is 0 Å². The molecule has 12 heteroatoms. The number of esters is 3. The summed E-state index contributed by atoms with van der Waals surface area (Å²) in [6.07, 6.45) is 1.61. The van der Waals surface area contributed by atoms with Crippen molar-refractivity contribution >= 4 is 23.7 Å². The van der Waals surface area contributed by atoms with Gasteiger partial charge in [0.25, 0.3) is 0 Å². The molecule has 12 nitrogen and oxygen atoms in total. The molecule has 0 bridgehead atoms. The van der Waals surface area contributed by atoms with E-state index in [0.29, 0.717) is 0 Å². The van der Waals surface area contributed by atoms with Gasteiger partial charge in [-0.2, -0.15) is 4.98 Å². The summed E-state index contributed by atoms with van der Waals surface area (Å²) < 4.78 is 23.1. The van der Waals surface area contributed by atoms with E-state index in [4.69, 9.17) is 24.2 Å². The molecule has 0 saturated carbocycles. The van der Waals surface area contributed by atoms with Gasteiger partial charge in [0.1, 0.15) is 12.7 Å². The molecule has 188 valence electrons. The first-order valence-electron chi connectivity index (χ1n) is 11.4. The fourth-order valence-electron chi connectivity index (χ4n) is 4.61. The maximum Gasteiger partial charge on any atom is 0.351 e. The molecule has 2 N–H and O–H groups in total. The number of nitrogens with zero attached hydrogens (tertiary/aromatic N) is 2. The third kappa shape index (κ3) is 4.86. The summed E-state index contributed by atoms with van der Waals surface area (Å²) in [5.41, 5.74) is 4.30. The lowest BCUT2D eigenvalue weighted by molar-refractivity contribution is -0.165. The van der Waals surface area contributed by atoms with E-state index in [1.807, 2.05) is 18.2 Å². The van der Waals surface area contributed by atoms with Gasteiger partial charge in [-0.3, -0.25) is 20.0 Å². The number of carbonyl (C=O) groups is 3. The van der Waals surface area contributed by atoms with Crippen molar-refractivity contribution in [1.82, 2.24) is 9.55 Å². The molecule has 0 radical (unpaired) electrons. The minimum Gasteiger partial charge on any atom is -0.463 e. The van der Waals surface area contributed by atoms with Crippen LogP contribution in [0.1, 0.15) is 29.3 Å². The fourth-order valence-corrected chi connectivity index (χ4v) is 4.61. The summed E-state index contributed by atoms with van der Waals surface area (Å²) in [7, 11) is 0. The number of nitrogens with one attached hydrogen (secondary N) is 1. The minimum atomic E-state index is -1.23. The zero-order valence-electron chi connectivity index (χ0n) is 19.0. The Balaban J connectivity index is 1.33. The summed E-state index contributed by atoms with van der Waals surface area (Å²) in [6.45, 7) is -0.311. The molecule has 1 unspecified atom stereocenters. The molecule has 1 aromatic carbocycles. The van der Waals surface area contributed by atoms with E-state index < -0.39 is 48.1 Å². The van der Waals surface area contributed by atoms with Gasteiger partial charge in [0, 0.05) is 18.3 Å². The smallest absolute Gasteiger partial charge is 0.351 e. The molecule has 1 fully saturated rings. The van der Waals surface area contributed by atoms with Gasteiger partial charge in [-0.15, -0.1) is 0 Å². The Hall–Kier alpha value is -4.03. The largest absolute Gasteiger partial charge is 0.463 e. The fraction of sp³-hybridized carbons (Fsp3) is 0.375. The predicted molar refractivity (Wildman–Crippen MR) is 120 cm³/mol. The van der Waals surface area contributed by atoms with Gasteiger partial charge in [0.05, 0.1) is 6.42 Å². The first kappa shape index (κ1) is 23.7. The number of rotatable bonds is 6. The second-order valence-electron chi connectivity index (χ2n) is 8.63. The molecule has 1 saturated heterocycles. The molecule has 0 spiro atoms. The summed E-state index contributed by atoms with van der Waals surface area (Å²) >= 11 is 0. The summed E-state index contributed by atoms with van der Waals surface area (Å²) in [5.74, 6) is -2.26. The number of hydrogen-bond donors (Lipinski definition) is 2. The second kappa shape index (κ2) is 9.91. The maximum atomic E-state index is 12.6. The molecule has 3 heterocycles. The first-order chi connectivity index (χ1) is 17.4. The van der Waals surface area contributed by atoms with E-state index in [2.05, 4.69) is 4.98 Å².